The molecule has 2 atom stereocenters. The summed E-state index contributed by atoms with van der Waals surface area (Å²) in [4.78, 5) is 13.3. The van der Waals surface area contributed by atoms with Gasteiger partial charge in [0.2, 0.25) is 5.91 Å². The molecule has 0 radical (unpaired) electrons. The minimum atomic E-state index is 0.0138. The highest BCUT2D eigenvalue weighted by Gasteiger charge is 2.36. The standard InChI is InChI=1S/C7H13N3O/c1-5-7(11)10-3-2-8-4-6(10)9-5/h5-6,8-9H,2-4H2,1H3. The highest BCUT2D eigenvalue weighted by molar-refractivity contribution is 5.84. The van der Waals surface area contributed by atoms with Gasteiger partial charge in [-0.25, -0.2) is 0 Å². The Morgan fingerprint density at radius 3 is 3.18 bits per heavy atom. The molecule has 0 spiro atoms. The first kappa shape index (κ1) is 7.06. The second-order valence-corrected chi connectivity index (χ2v) is 3.14. The van der Waals surface area contributed by atoms with Crippen LogP contribution in [0.1, 0.15) is 6.92 Å². The van der Waals surface area contributed by atoms with Crippen molar-refractivity contribution in [1.29, 1.82) is 0 Å². The Hall–Kier alpha value is -0.610. The fourth-order valence-electron chi connectivity index (χ4n) is 1.73. The molecule has 2 saturated heterocycles. The lowest BCUT2D eigenvalue weighted by Gasteiger charge is -2.29. The predicted octanol–water partition coefficient (Wildman–Crippen LogP) is -1.26. The summed E-state index contributed by atoms with van der Waals surface area (Å²) in [5, 5.41) is 6.46. The minimum Gasteiger partial charge on any atom is -0.323 e. The monoisotopic (exact) mass is 155 g/mol. The molecule has 11 heavy (non-hydrogen) atoms. The molecule has 0 aromatic heterocycles. The number of carbonyl (C=O) groups excluding carboxylic acids is 1. The predicted molar refractivity (Wildman–Crippen MR) is 41.0 cm³/mol. The molecule has 2 unspecified atom stereocenters. The van der Waals surface area contributed by atoms with Gasteiger partial charge in [-0.15, -0.1) is 0 Å². The molecule has 2 rings (SSSR count). The topological polar surface area (TPSA) is 44.4 Å². The van der Waals surface area contributed by atoms with E-state index in [0.29, 0.717) is 0 Å². The number of fused-ring (bicyclic) bond motifs is 1. The van der Waals surface area contributed by atoms with Gasteiger partial charge < -0.3 is 10.2 Å². The fraction of sp³-hybridized carbons (Fsp3) is 0.857. The lowest BCUT2D eigenvalue weighted by atomic mass is 10.3. The van der Waals surface area contributed by atoms with Gasteiger partial charge >= 0.3 is 0 Å². The van der Waals surface area contributed by atoms with Crippen molar-refractivity contribution in [2.75, 3.05) is 19.6 Å². The van der Waals surface area contributed by atoms with Crippen molar-refractivity contribution in [2.45, 2.75) is 19.1 Å². The molecule has 2 N–H and O–H groups in total. The Balaban J connectivity index is 2.11. The Bertz CT molecular complexity index is 183. The summed E-state index contributed by atoms with van der Waals surface area (Å²) in [5.41, 5.74) is 0. The summed E-state index contributed by atoms with van der Waals surface area (Å²) in [6.45, 7) is 4.58. The zero-order chi connectivity index (χ0) is 7.84. The summed E-state index contributed by atoms with van der Waals surface area (Å²) in [7, 11) is 0. The zero-order valence-corrected chi connectivity index (χ0v) is 6.63. The molecule has 2 fully saturated rings. The molecule has 1 amide bonds. The van der Waals surface area contributed by atoms with Gasteiger partial charge in [-0.1, -0.05) is 0 Å². The maximum Gasteiger partial charge on any atom is 0.240 e. The van der Waals surface area contributed by atoms with Crippen molar-refractivity contribution >= 4 is 5.91 Å². The molecule has 4 heteroatoms. The van der Waals surface area contributed by atoms with E-state index in [4.69, 9.17) is 0 Å². The van der Waals surface area contributed by atoms with Gasteiger partial charge in [0.1, 0.15) is 0 Å². The number of hydrogen-bond acceptors (Lipinski definition) is 3. The highest BCUT2D eigenvalue weighted by Crippen LogP contribution is 2.11. The van der Waals surface area contributed by atoms with Crippen LogP contribution in [0.15, 0.2) is 0 Å². The van der Waals surface area contributed by atoms with E-state index in [1.165, 1.54) is 0 Å². The van der Waals surface area contributed by atoms with Crippen LogP contribution < -0.4 is 10.6 Å². The van der Waals surface area contributed by atoms with Crippen LogP contribution in [0.5, 0.6) is 0 Å². The highest BCUT2D eigenvalue weighted by atomic mass is 16.2. The van der Waals surface area contributed by atoms with E-state index < -0.39 is 0 Å². The summed E-state index contributed by atoms with van der Waals surface area (Å²) in [6, 6.07) is 0.0138. The molecule has 4 nitrogen and oxygen atoms in total. The van der Waals surface area contributed by atoms with Gasteiger partial charge in [-0.05, 0) is 6.92 Å². The van der Waals surface area contributed by atoms with Gasteiger partial charge in [-0.2, -0.15) is 0 Å². The first-order chi connectivity index (χ1) is 5.29. The van der Waals surface area contributed by atoms with E-state index >= 15 is 0 Å². The van der Waals surface area contributed by atoms with Gasteiger partial charge in [0.05, 0.1) is 12.2 Å². The largest absolute Gasteiger partial charge is 0.323 e. The molecule has 62 valence electrons. The van der Waals surface area contributed by atoms with Gasteiger partial charge in [0.25, 0.3) is 0 Å². The summed E-state index contributed by atoms with van der Waals surface area (Å²) in [6.07, 6.45) is 0.242. The van der Waals surface area contributed by atoms with Crippen LogP contribution in [-0.2, 0) is 4.79 Å². The molecule has 0 aliphatic carbocycles. The Morgan fingerprint density at radius 1 is 1.64 bits per heavy atom. The number of nitrogens with one attached hydrogen (secondary N) is 2. The van der Waals surface area contributed by atoms with E-state index in [1.807, 2.05) is 11.8 Å². The number of rotatable bonds is 0. The van der Waals surface area contributed by atoms with Crippen molar-refractivity contribution < 1.29 is 4.79 Å². The maximum atomic E-state index is 11.4. The third-order valence-electron chi connectivity index (χ3n) is 2.34. The van der Waals surface area contributed by atoms with Crippen molar-refractivity contribution in [3.63, 3.8) is 0 Å². The SMILES string of the molecule is CC1NC2CNCCN2C1=O. The third-order valence-corrected chi connectivity index (χ3v) is 2.34. The van der Waals surface area contributed by atoms with Crippen LogP contribution in [-0.4, -0.2) is 42.6 Å². The zero-order valence-electron chi connectivity index (χ0n) is 6.63. The molecule has 2 aliphatic rings. The maximum absolute atomic E-state index is 11.4. The summed E-state index contributed by atoms with van der Waals surface area (Å²) in [5.74, 6) is 0.247. The van der Waals surface area contributed by atoms with Crippen molar-refractivity contribution in [2.24, 2.45) is 0 Å². The lowest BCUT2D eigenvalue weighted by Crippen LogP contribution is -2.52. The van der Waals surface area contributed by atoms with Crippen LogP contribution in [0.2, 0.25) is 0 Å². The van der Waals surface area contributed by atoms with E-state index in [1.54, 1.807) is 0 Å². The van der Waals surface area contributed by atoms with Crippen molar-refractivity contribution in [1.82, 2.24) is 15.5 Å². The number of nitrogens with zero attached hydrogens (tertiary/aromatic N) is 1. The van der Waals surface area contributed by atoms with Crippen molar-refractivity contribution in [3.8, 4) is 0 Å². The van der Waals surface area contributed by atoms with Crippen LogP contribution >= 0.6 is 0 Å². The molecular formula is C7H13N3O. The van der Waals surface area contributed by atoms with E-state index in [9.17, 15) is 4.79 Å². The number of carbonyl (C=O) groups is 1. The number of amides is 1. The Kier molecular flexibility index (Phi) is 1.58. The minimum absolute atomic E-state index is 0.0138. The molecule has 0 saturated carbocycles. The van der Waals surface area contributed by atoms with E-state index in [2.05, 4.69) is 10.6 Å². The van der Waals surface area contributed by atoms with Crippen LogP contribution in [0.3, 0.4) is 0 Å². The fourth-order valence-corrected chi connectivity index (χ4v) is 1.73. The first-order valence-corrected chi connectivity index (χ1v) is 4.06. The van der Waals surface area contributed by atoms with Gasteiger partial charge in [-0.3, -0.25) is 10.1 Å². The van der Waals surface area contributed by atoms with E-state index in [-0.39, 0.29) is 18.1 Å². The quantitative estimate of drug-likeness (QED) is 0.459. The van der Waals surface area contributed by atoms with E-state index in [0.717, 1.165) is 19.6 Å². The van der Waals surface area contributed by atoms with Gasteiger partial charge in [0.15, 0.2) is 0 Å². The second-order valence-electron chi connectivity index (χ2n) is 3.14. The van der Waals surface area contributed by atoms with Crippen LogP contribution in [0.4, 0.5) is 0 Å². The lowest BCUT2D eigenvalue weighted by molar-refractivity contribution is -0.130. The molecule has 0 aromatic rings. The van der Waals surface area contributed by atoms with Crippen LogP contribution in [0, 0.1) is 0 Å². The average molecular weight is 155 g/mol. The number of hydrogen-bond donors (Lipinski definition) is 2. The molecule has 2 aliphatic heterocycles. The summed E-state index contributed by atoms with van der Waals surface area (Å²) >= 11 is 0. The Morgan fingerprint density at radius 2 is 2.45 bits per heavy atom. The molecule has 0 bridgehead atoms. The normalized spacial score (nSPS) is 37.5. The summed E-state index contributed by atoms with van der Waals surface area (Å²) < 4.78 is 0. The molecular weight excluding hydrogens is 142 g/mol. The molecule has 2 heterocycles. The third kappa shape index (κ3) is 1.02. The van der Waals surface area contributed by atoms with Crippen molar-refractivity contribution in [3.05, 3.63) is 0 Å². The van der Waals surface area contributed by atoms with Gasteiger partial charge in [0, 0.05) is 19.6 Å². The first-order valence-electron chi connectivity index (χ1n) is 4.06. The second kappa shape index (κ2) is 2.46. The number of piperazine rings is 1. The van der Waals surface area contributed by atoms with Crippen LogP contribution in [0.25, 0.3) is 0 Å². The smallest absolute Gasteiger partial charge is 0.240 e. The Labute approximate surface area is 65.9 Å². The molecule has 0 aromatic carbocycles. The average Bonchev–Trinajstić information content (AvgIpc) is 2.30.